The van der Waals surface area contributed by atoms with Gasteiger partial charge in [0.05, 0.1) is 4.90 Å². The van der Waals surface area contributed by atoms with Crippen LogP contribution >= 0.6 is 0 Å². The summed E-state index contributed by atoms with van der Waals surface area (Å²) in [7, 11) is -0.653. The van der Waals surface area contributed by atoms with Crippen molar-refractivity contribution in [2.24, 2.45) is 0 Å². The maximum absolute atomic E-state index is 13.0. The summed E-state index contributed by atoms with van der Waals surface area (Å²) in [5, 5.41) is 2.98. The van der Waals surface area contributed by atoms with Crippen LogP contribution in [0.2, 0.25) is 0 Å². The number of anilines is 1. The highest BCUT2D eigenvalue weighted by atomic mass is 32.2. The number of nitrogens with one attached hydrogen (secondary N) is 1. The summed E-state index contributed by atoms with van der Waals surface area (Å²) in [5.74, 6) is -0.308. The van der Waals surface area contributed by atoms with Crippen LogP contribution in [0.5, 0.6) is 0 Å². The number of benzene rings is 2. The molecule has 2 aromatic rings. The summed E-state index contributed by atoms with van der Waals surface area (Å²) in [6.45, 7) is 6.53. The molecule has 1 fully saturated rings. The first-order valence-corrected chi connectivity index (χ1v) is 11.3. The molecule has 1 saturated heterocycles. The second-order valence-corrected chi connectivity index (χ2v) is 9.92. The molecule has 0 aliphatic carbocycles. The van der Waals surface area contributed by atoms with Crippen molar-refractivity contribution in [3.05, 3.63) is 58.7 Å². The lowest BCUT2D eigenvalue weighted by Crippen LogP contribution is -2.24. The third-order valence-electron chi connectivity index (χ3n) is 5.50. The van der Waals surface area contributed by atoms with Gasteiger partial charge in [-0.2, -0.15) is 0 Å². The Bertz CT molecular complexity index is 1010. The molecule has 0 saturated carbocycles. The number of carbonyl (C=O) groups excluding carboxylic acids is 1. The Labute approximate surface area is 173 Å². The van der Waals surface area contributed by atoms with Gasteiger partial charge in [0.25, 0.3) is 5.91 Å². The van der Waals surface area contributed by atoms with E-state index in [1.54, 1.807) is 13.0 Å². The van der Waals surface area contributed by atoms with Gasteiger partial charge in [0.1, 0.15) is 0 Å². The molecule has 0 atom stereocenters. The number of rotatable bonds is 6. The molecule has 1 N–H and O–H groups in total. The monoisotopic (exact) mass is 415 g/mol. The Morgan fingerprint density at radius 3 is 2.41 bits per heavy atom. The molecule has 1 amide bonds. The van der Waals surface area contributed by atoms with E-state index < -0.39 is 10.0 Å². The standard InChI is InChI=1S/C22H29N3O3S/c1-16-13-19(14-21(17(16)2)29(27,28)24(3)4)22(26)23-20-10-6-5-9-18(20)15-25-11-7-8-12-25/h5-6,9-10,13-14H,7-8,11-12,15H2,1-4H3,(H,23,26). The summed E-state index contributed by atoms with van der Waals surface area (Å²) < 4.78 is 26.5. The first-order valence-electron chi connectivity index (χ1n) is 9.85. The maximum Gasteiger partial charge on any atom is 0.255 e. The second kappa shape index (κ2) is 8.65. The minimum Gasteiger partial charge on any atom is -0.322 e. The van der Waals surface area contributed by atoms with Crippen molar-refractivity contribution >= 4 is 21.6 Å². The van der Waals surface area contributed by atoms with Crippen molar-refractivity contribution in [3.63, 3.8) is 0 Å². The van der Waals surface area contributed by atoms with Gasteiger partial charge in [0.2, 0.25) is 10.0 Å². The molecule has 0 radical (unpaired) electrons. The number of para-hydroxylation sites is 1. The number of amides is 1. The van der Waals surface area contributed by atoms with Crippen LogP contribution < -0.4 is 5.32 Å². The van der Waals surface area contributed by atoms with Crippen LogP contribution in [-0.4, -0.2) is 50.7 Å². The Morgan fingerprint density at radius 2 is 1.76 bits per heavy atom. The van der Waals surface area contributed by atoms with Gasteiger partial charge in [-0.15, -0.1) is 0 Å². The predicted molar refractivity (Wildman–Crippen MR) is 116 cm³/mol. The smallest absolute Gasteiger partial charge is 0.255 e. The van der Waals surface area contributed by atoms with Gasteiger partial charge in [0, 0.05) is 31.9 Å². The van der Waals surface area contributed by atoms with E-state index in [-0.39, 0.29) is 10.8 Å². The third-order valence-corrected chi connectivity index (χ3v) is 7.44. The van der Waals surface area contributed by atoms with E-state index in [2.05, 4.69) is 10.2 Å². The Kier molecular flexibility index (Phi) is 6.41. The first kappa shape index (κ1) is 21.5. The molecular weight excluding hydrogens is 386 g/mol. The molecule has 0 aromatic heterocycles. The molecule has 6 nitrogen and oxygen atoms in total. The number of nitrogens with zero attached hydrogens (tertiary/aromatic N) is 2. The fraction of sp³-hybridized carbons (Fsp3) is 0.409. The SMILES string of the molecule is Cc1cc(C(=O)Nc2ccccc2CN2CCCC2)cc(S(=O)(=O)N(C)C)c1C. The summed E-state index contributed by atoms with van der Waals surface area (Å²) in [6.07, 6.45) is 2.42. The zero-order chi connectivity index (χ0) is 21.2. The van der Waals surface area contributed by atoms with Crippen molar-refractivity contribution in [2.45, 2.75) is 38.1 Å². The summed E-state index contributed by atoms with van der Waals surface area (Å²) >= 11 is 0. The van der Waals surface area contributed by atoms with Gasteiger partial charge >= 0.3 is 0 Å². The van der Waals surface area contributed by atoms with E-state index >= 15 is 0 Å². The average molecular weight is 416 g/mol. The van der Waals surface area contributed by atoms with Gasteiger partial charge in [-0.25, -0.2) is 12.7 Å². The van der Waals surface area contributed by atoms with E-state index in [9.17, 15) is 13.2 Å². The van der Waals surface area contributed by atoms with Crippen LogP contribution in [0.25, 0.3) is 0 Å². The van der Waals surface area contributed by atoms with Crippen LogP contribution in [0.4, 0.5) is 5.69 Å². The molecule has 7 heteroatoms. The Balaban J connectivity index is 1.90. The van der Waals surface area contributed by atoms with E-state index in [1.807, 2.05) is 31.2 Å². The summed E-state index contributed by atoms with van der Waals surface area (Å²) in [5.41, 5.74) is 3.59. The van der Waals surface area contributed by atoms with E-state index in [1.165, 1.54) is 37.3 Å². The van der Waals surface area contributed by atoms with Crippen molar-refractivity contribution < 1.29 is 13.2 Å². The second-order valence-electron chi connectivity index (χ2n) is 7.80. The molecule has 0 unspecified atom stereocenters. The summed E-state index contributed by atoms with van der Waals surface area (Å²) in [6, 6.07) is 11.0. The van der Waals surface area contributed by atoms with Gasteiger partial charge in [0.15, 0.2) is 0 Å². The molecule has 1 heterocycles. The molecule has 156 valence electrons. The number of carbonyl (C=O) groups is 1. The van der Waals surface area contributed by atoms with E-state index in [4.69, 9.17) is 0 Å². The largest absolute Gasteiger partial charge is 0.322 e. The van der Waals surface area contributed by atoms with Crippen LogP contribution in [-0.2, 0) is 16.6 Å². The summed E-state index contributed by atoms with van der Waals surface area (Å²) in [4.78, 5) is 15.5. The van der Waals surface area contributed by atoms with Crippen LogP contribution in [0, 0.1) is 13.8 Å². The van der Waals surface area contributed by atoms with Gasteiger partial charge < -0.3 is 5.32 Å². The number of aryl methyl sites for hydroxylation is 1. The van der Waals surface area contributed by atoms with Crippen molar-refractivity contribution in [1.82, 2.24) is 9.21 Å². The zero-order valence-corrected chi connectivity index (χ0v) is 18.3. The zero-order valence-electron chi connectivity index (χ0n) is 17.5. The molecule has 3 rings (SSSR count). The van der Waals surface area contributed by atoms with Gasteiger partial charge in [-0.05, 0) is 74.7 Å². The number of hydrogen-bond donors (Lipinski definition) is 1. The quantitative estimate of drug-likeness (QED) is 0.785. The fourth-order valence-electron chi connectivity index (χ4n) is 3.58. The normalized spacial score (nSPS) is 15.1. The Morgan fingerprint density at radius 1 is 1.10 bits per heavy atom. The first-order chi connectivity index (χ1) is 13.7. The molecular formula is C22H29N3O3S. The van der Waals surface area contributed by atoms with Crippen LogP contribution in [0.15, 0.2) is 41.3 Å². The van der Waals surface area contributed by atoms with Crippen LogP contribution in [0.1, 0.15) is 39.9 Å². The molecule has 0 bridgehead atoms. The number of hydrogen-bond acceptors (Lipinski definition) is 4. The fourth-order valence-corrected chi connectivity index (χ4v) is 4.80. The van der Waals surface area contributed by atoms with Gasteiger partial charge in [-0.3, -0.25) is 9.69 Å². The minimum absolute atomic E-state index is 0.165. The average Bonchev–Trinajstić information content (AvgIpc) is 3.18. The maximum atomic E-state index is 13.0. The molecule has 2 aromatic carbocycles. The highest BCUT2D eigenvalue weighted by Crippen LogP contribution is 2.25. The minimum atomic E-state index is -3.64. The Hall–Kier alpha value is -2.22. The van der Waals surface area contributed by atoms with Gasteiger partial charge in [-0.1, -0.05) is 18.2 Å². The lowest BCUT2D eigenvalue weighted by molar-refractivity contribution is 0.102. The molecule has 29 heavy (non-hydrogen) atoms. The lowest BCUT2D eigenvalue weighted by Gasteiger charge is -2.19. The molecule has 1 aliphatic heterocycles. The van der Waals surface area contributed by atoms with Crippen molar-refractivity contribution in [2.75, 3.05) is 32.5 Å². The van der Waals surface area contributed by atoms with Crippen molar-refractivity contribution in [1.29, 1.82) is 0 Å². The lowest BCUT2D eigenvalue weighted by atomic mass is 10.1. The highest BCUT2D eigenvalue weighted by molar-refractivity contribution is 7.89. The molecule has 1 aliphatic rings. The number of sulfonamides is 1. The van der Waals surface area contributed by atoms with Crippen molar-refractivity contribution in [3.8, 4) is 0 Å². The van der Waals surface area contributed by atoms with E-state index in [0.717, 1.165) is 36.4 Å². The topological polar surface area (TPSA) is 69.7 Å². The predicted octanol–water partition coefficient (Wildman–Crippen LogP) is 3.40. The third kappa shape index (κ3) is 4.69. The molecule has 0 spiro atoms. The van der Waals surface area contributed by atoms with Crippen LogP contribution in [0.3, 0.4) is 0 Å². The number of likely N-dealkylation sites (tertiary alicyclic amines) is 1. The highest BCUT2D eigenvalue weighted by Gasteiger charge is 2.23. The van der Waals surface area contributed by atoms with E-state index in [0.29, 0.717) is 11.1 Å².